The lowest BCUT2D eigenvalue weighted by molar-refractivity contribution is -0.120. The van der Waals surface area contributed by atoms with Crippen LogP contribution in [0.2, 0.25) is 5.02 Å². The van der Waals surface area contributed by atoms with Crippen LogP contribution >= 0.6 is 11.6 Å². The number of nitrogens with one attached hydrogen (secondary N) is 1. The van der Waals surface area contributed by atoms with E-state index in [4.69, 9.17) is 11.6 Å². The first-order valence-corrected chi connectivity index (χ1v) is 10.5. The number of nitrogens with zero attached hydrogens (tertiary/aromatic N) is 1. The highest BCUT2D eigenvalue weighted by Crippen LogP contribution is 2.36. The molecule has 1 aliphatic heterocycles. The van der Waals surface area contributed by atoms with Gasteiger partial charge in [0.15, 0.2) is 0 Å². The van der Waals surface area contributed by atoms with Gasteiger partial charge in [-0.25, -0.2) is 9.29 Å². The molecule has 2 amide bonds. The predicted molar refractivity (Wildman–Crippen MR) is 126 cm³/mol. The first-order chi connectivity index (χ1) is 15.2. The number of amides is 2. The van der Waals surface area contributed by atoms with Gasteiger partial charge in [0.1, 0.15) is 11.5 Å². The molecule has 3 aromatic rings. The largest absolute Gasteiger partial charge is 0.350 e. The van der Waals surface area contributed by atoms with E-state index in [0.29, 0.717) is 5.56 Å². The summed E-state index contributed by atoms with van der Waals surface area (Å²) < 4.78 is 13.7. The van der Waals surface area contributed by atoms with Crippen molar-refractivity contribution in [2.24, 2.45) is 0 Å². The van der Waals surface area contributed by atoms with E-state index in [1.54, 1.807) is 0 Å². The topological polar surface area (TPSA) is 49.4 Å². The van der Waals surface area contributed by atoms with Gasteiger partial charge in [-0.1, -0.05) is 41.9 Å². The molecule has 4 rings (SSSR count). The molecular weight excluding hydrogens is 427 g/mol. The summed E-state index contributed by atoms with van der Waals surface area (Å²) in [6, 6.07) is 15.3. The lowest BCUT2D eigenvalue weighted by Gasteiger charge is -2.16. The number of benzene rings is 3. The molecule has 1 N–H and O–H groups in total. The van der Waals surface area contributed by atoms with Crippen molar-refractivity contribution in [3.05, 3.63) is 99.0 Å². The highest BCUT2D eigenvalue weighted by Gasteiger charge is 2.40. The maximum Gasteiger partial charge on any atom is 0.282 e. The Morgan fingerprint density at radius 1 is 0.812 bits per heavy atom. The second kappa shape index (κ2) is 8.24. The SMILES string of the molecule is Cc1ccc(C)c(NC2=C(c3ccc(C)c(C)c3)C(=O)N(c3ccc(F)c(Cl)c3)C2=O)c1. The fraction of sp³-hybridized carbons (Fsp3) is 0.154. The van der Waals surface area contributed by atoms with Gasteiger partial charge in [-0.15, -0.1) is 0 Å². The smallest absolute Gasteiger partial charge is 0.282 e. The minimum atomic E-state index is -0.620. The van der Waals surface area contributed by atoms with Crippen LogP contribution in [0.5, 0.6) is 0 Å². The minimum absolute atomic E-state index is 0.160. The quantitative estimate of drug-likeness (QED) is 0.490. The van der Waals surface area contributed by atoms with Gasteiger partial charge in [-0.05, 0) is 79.8 Å². The molecule has 6 heteroatoms. The molecule has 0 aromatic heterocycles. The van der Waals surface area contributed by atoms with Crippen LogP contribution in [0.15, 0.2) is 60.3 Å². The van der Waals surface area contributed by atoms with E-state index in [1.807, 2.05) is 64.1 Å². The van der Waals surface area contributed by atoms with Crippen LogP contribution in [0.3, 0.4) is 0 Å². The number of aryl methyl sites for hydroxylation is 4. The van der Waals surface area contributed by atoms with Crippen molar-refractivity contribution in [3.8, 4) is 0 Å². The third kappa shape index (κ3) is 3.80. The molecule has 0 radical (unpaired) electrons. The van der Waals surface area contributed by atoms with Crippen molar-refractivity contribution in [3.63, 3.8) is 0 Å². The van der Waals surface area contributed by atoms with E-state index < -0.39 is 17.6 Å². The fourth-order valence-electron chi connectivity index (χ4n) is 3.67. The zero-order valence-electron chi connectivity index (χ0n) is 18.2. The molecule has 32 heavy (non-hydrogen) atoms. The summed E-state index contributed by atoms with van der Waals surface area (Å²) in [6.45, 7) is 7.82. The Hall–Kier alpha value is -3.44. The van der Waals surface area contributed by atoms with E-state index in [9.17, 15) is 14.0 Å². The lowest BCUT2D eigenvalue weighted by atomic mass is 9.99. The van der Waals surface area contributed by atoms with Crippen LogP contribution in [0.4, 0.5) is 15.8 Å². The molecule has 0 unspecified atom stereocenters. The van der Waals surface area contributed by atoms with Gasteiger partial charge >= 0.3 is 0 Å². The number of carbonyl (C=O) groups is 2. The van der Waals surface area contributed by atoms with E-state index >= 15 is 0 Å². The standard InChI is InChI=1S/C26H22ClFN2O2/c1-14-5-6-16(3)22(11-14)29-24-23(18-8-7-15(2)17(4)12-18)25(31)30(26(24)32)19-9-10-21(28)20(27)13-19/h5-13,29H,1-4H3. The summed E-state index contributed by atoms with van der Waals surface area (Å²) in [5.74, 6) is -1.63. The van der Waals surface area contributed by atoms with Crippen LogP contribution < -0.4 is 10.2 Å². The molecule has 0 atom stereocenters. The molecule has 0 spiro atoms. The van der Waals surface area contributed by atoms with Crippen molar-refractivity contribution < 1.29 is 14.0 Å². The molecule has 162 valence electrons. The molecule has 0 saturated heterocycles. The maximum absolute atomic E-state index is 13.7. The maximum atomic E-state index is 13.7. The summed E-state index contributed by atoms with van der Waals surface area (Å²) in [5, 5.41) is 3.04. The first kappa shape index (κ1) is 21.8. The third-order valence-electron chi connectivity index (χ3n) is 5.69. The van der Waals surface area contributed by atoms with Gasteiger partial charge in [-0.2, -0.15) is 0 Å². The first-order valence-electron chi connectivity index (χ1n) is 10.2. The Morgan fingerprint density at radius 2 is 1.53 bits per heavy atom. The van der Waals surface area contributed by atoms with Gasteiger partial charge in [0.05, 0.1) is 16.3 Å². The Bertz CT molecular complexity index is 1310. The number of rotatable bonds is 4. The third-order valence-corrected chi connectivity index (χ3v) is 5.98. The molecule has 0 aliphatic carbocycles. The van der Waals surface area contributed by atoms with Crippen molar-refractivity contribution in [1.29, 1.82) is 0 Å². The van der Waals surface area contributed by atoms with Gasteiger partial charge in [0, 0.05) is 5.69 Å². The van der Waals surface area contributed by atoms with Gasteiger partial charge < -0.3 is 5.32 Å². The number of hydrogen-bond acceptors (Lipinski definition) is 3. The average molecular weight is 449 g/mol. The van der Waals surface area contributed by atoms with Crippen LogP contribution in [0.25, 0.3) is 5.57 Å². The highest BCUT2D eigenvalue weighted by atomic mass is 35.5. The average Bonchev–Trinajstić information content (AvgIpc) is 2.99. The van der Waals surface area contributed by atoms with Gasteiger partial charge in [0.2, 0.25) is 0 Å². The van der Waals surface area contributed by atoms with Crippen molar-refractivity contribution >= 4 is 40.4 Å². The normalized spacial score (nSPS) is 13.9. The summed E-state index contributed by atoms with van der Waals surface area (Å²) in [7, 11) is 0. The second-order valence-electron chi connectivity index (χ2n) is 8.04. The molecule has 0 saturated carbocycles. The molecule has 0 bridgehead atoms. The number of carbonyl (C=O) groups excluding carboxylic acids is 2. The van der Waals surface area contributed by atoms with E-state index in [1.165, 1.54) is 12.1 Å². The zero-order valence-corrected chi connectivity index (χ0v) is 19.0. The minimum Gasteiger partial charge on any atom is -0.350 e. The Labute approximate surface area is 191 Å². The molecule has 3 aromatic carbocycles. The number of imide groups is 1. The van der Waals surface area contributed by atoms with Crippen molar-refractivity contribution in [2.75, 3.05) is 10.2 Å². The Morgan fingerprint density at radius 3 is 2.22 bits per heavy atom. The molecule has 4 nitrogen and oxygen atoms in total. The fourth-order valence-corrected chi connectivity index (χ4v) is 3.85. The van der Waals surface area contributed by atoms with Gasteiger partial charge in [-0.3, -0.25) is 9.59 Å². The highest BCUT2D eigenvalue weighted by molar-refractivity contribution is 6.46. The van der Waals surface area contributed by atoms with Crippen molar-refractivity contribution in [2.45, 2.75) is 27.7 Å². The van der Waals surface area contributed by atoms with E-state index in [2.05, 4.69) is 5.32 Å². The van der Waals surface area contributed by atoms with Crippen LogP contribution in [-0.4, -0.2) is 11.8 Å². The lowest BCUT2D eigenvalue weighted by Crippen LogP contribution is -2.32. The molecule has 1 aliphatic rings. The summed E-state index contributed by atoms with van der Waals surface area (Å²) in [5.41, 5.74) is 6.06. The zero-order chi connectivity index (χ0) is 23.2. The summed E-state index contributed by atoms with van der Waals surface area (Å²) in [6.07, 6.45) is 0. The molecule has 1 heterocycles. The van der Waals surface area contributed by atoms with Crippen LogP contribution in [0.1, 0.15) is 27.8 Å². The van der Waals surface area contributed by atoms with E-state index in [-0.39, 0.29) is 22.0 Å². The molecule has 0 fully saturated rings. The second-order valence-corrected chi connectivity index (χ2v) is 8.44. The summed E-state index contributed by atoms with van der Waals surface area (Å²) in [4.78, 5) is 28.1. The number of hydrogen-bond donors (Lipinski definition) is 1. The predicted octanol–water partition coefficient (Wildman–Crippen LogP) is 6.11. The number of anilines is 2. The molecular formula is C26H22ClFN2O2. The Balaban J connectivity index is 1.88. The van der Waals surface area contributed by atoms with E-state index in [0.717, 1.165) is 38.9 Å². The van der Waals surface area contributed by atoms with Crippen LogP contribution in [-0.2, 0) is 9.59 Å². The summed E-state index contributed by atoms with van der Waals surface area (Å²) >= 11 is 5.93. The monoisotopic (exact) mass is 448 g/mol. The Kier molecular flexibility index (Phi) is 5.61. The van der Waals surface area contributed by atoms with Crippen LogP contribution in [0, 0.1) is 33.5 Å². The number of halogens is 2. The van der Waals surface area contributed by atoms with Crippen molar-refractivity contribution in [1.82, 2.24) is 0 Å². The van der Waals surface area contributed by atoms with Gasteiger partial charge in [0.25, 0.3) is 11.8 Å².